The molecule has 2 aromatic heterocycles. The summed E-state index contributed by atoms with van der Waals surface area (Å²) in [4.78, 5) is 4.84. The van der Waals surface area contributed by atoms with Gasteiger partial charge in [0, 0.05) is 27.2 Å². The quantitative estimate of drug-likeness (QED) is 0.221. The topological polar surface area (TPSA) is 12.9 Å². The molecule has 37 heavy (non-hydrogen) atoms. The lowest BCUT2D eigenvalue weighted by Gasteiger charge is -2.12. The molecule has 0 saturated carbocycles. The van der Waals surface area contributed by atoms with Crippen molar-refractivity contribution < 1.29 is 0 Å². The number of fused-ring (bicyclic) bond motifs is 9. The first-order chi connectivity index (χ1) is 18.3. The van der Waals surface area contributed by atoms with Crippen molar-refractivity contribution in [1.29, 1.82) is 0 Å². The van der Waals surface area contributed by atoms with Crippen molar-refractivity contribution in [2.45, 2.75) is 0 Å². The van der Waals surface area contributed by atoms with Gasteiger partial charge in [0.2, 0.25) is 0 Å². The van der Waals surface area contributed by atoms with Crippen molar-refractivity contribution in [2.75, 3.05) is 0 Å². The summed E-state index contributed by atoms with van der Waals surface area (Å²) in [6.07, 6.45) is 1.94. The van der Waals surface area contributed by atoms with Gasteiger partial charge in [-0.3, -0.25) is 4.98 Å². The molecule has 8 aromatic rings. The molecule has 0 saturated heterocycles. The summed E-state index contributed by atoms with van der Waals surface area (Å²) in [5.74, 6) is 0. The second-order valence-electron chi connectivity index (χ2n) is 9.57. The van der Waals surface area contributed by atoms with Gasteiger partial charge in [0.1, 0.15) is 0 Å². The molecule has 1 nitrogen and oxygen atoms in total. The van der Waals surface area contributed by atoms with Crippen molar-refractivity contribution in [3.05, 3.63) is 128 Å². The molecule has 0 aliphatic carbocycles. The molecule has 0 atom stereocenters. The van der Waals surface area contributed by atoms with Gasteiger partial charge in [-0.25, -0.2) is 0 Å². The van der Waals surface area contributed by atoms with Crippen LogP contribution in [0.5, 0.6) is 0 Å². The minimum atomic E-state index is 1.05. The van der Waals surface area contributed by atoms with Crippen molar-refractivity contribution in [2.24, 2.45) is 0 Å². The van der Waals surface area contributed by atoms with Crippen molar-refractivity contribution >= 4 is 63.8 Å². The largest absolute Gasteiger partial charge is 0.255 e. The molecule has 0 aliphatic rings. The number of nitrogens with zero attached hydrogens (tertiary/aromatic N) is 1. The number of thiophene rings is 1. The van der Waals surface area contributed by atoms with E-state index in [1.54, 1.807) is 0 Å². The third kappa shape index (κ3) is 3.13. The van der Waals surface area contributed by atoms with E-state index in [2.05, 4.69) is 121 Å². The van der Waals surface area contributed by atoms with E-state index in [4.69, 9.17) is 4.98 Å². The normalized spacial score (nSPS) is 11.8. The molecule has 0 unspecified atom stereocenters. The molecule has 0 aliphatic heterocycles. The Labute approximate surface area is 218 Å². The van der Waals surface area contributed by atoms with Crippen LogP contribution < -0.4 is 0 Å². The van der Waals surface area contributed by atoms with E-state index in [9.17, 15) is 0 Å². The fraction of sp³-hybridized carbons (Fsp3) is 0. The van der Waals surface area contributed by atoms with E-state index in [1.807, 2.05) is 17.5 Å². The second kappa shape index (κ2) is 7.99. The number of hydrogen-bond acceptors (Lipinski definition) is 2. The van der Waals surface area contributed by atoms with Gasteiger partial charge in [0.15, 0.2) is 0 Å². The first-order valence-electron chi connectivity index (χ1n) is 12.6. The molecule has 0 amide bonds. The lowest BCUT2D eigenvalue weighted by atomic mass is 9.91. The Morgan fingerprint density at radius 3 is 1.76 bits per heavy atom. The van der Waals surface area contributed by atoms with Crippen LogP contribution in [0.3, 0.4) is 0 Å². The third-order valence-electron chi connectivity index (χ3n) is 7.51. The molecule has 172 valence electrons. The molecule has 0 radical (unpaired) electrons. The van der Waals surface area contributed by atoms with Crippen LogP contribution in [0.4, 0.5) is 0 Å². The predicted octanol–water partition coefficient (Wildman–Crippen LogP) is 10.2. The summed E-state index contributed by atoms with van der Waals surface area (Å²) < 4.78 is 2.55. The van der Waals surface area contributed by atoms with Crippen molar-refractivity contribution in [3.8, 4) is 22.4 Å². The van der Waals surface area contributed by atoms with E-state index in [-0.39, 0.29) is 0 Å². The Morgan fingerprint density at radius 2 is 1.00 bits per heavy atom. The Hall–Kier alpha value is -4.53. The lowest BCUT2D eigenvalue weighted by molar-refractivity contribution is 1.37. The summed E-state index contributed by atoms with van der Waals surface area (Å²) >= 11 is 1.83. The highest BCUT2D eigenvalue weighted by atomic mass is 32.1. The van der Waals surface area contributed by atoms with Gasteiger partial charge in [0.05, 0.1) is 10.4 Å². The van der Waals surface area contributed by atoms with E-state index >= 15 is 0 Å². The zero-order valence-corrected chi connectivity index (χ0v) is 20.8. The summed E-state index contributed by atoms with van der Waals surface area (Å²) in [5, 5.41) is 10.4. The fourth-order valence-corrected chi connectivity index (χ4v) is 7.00. The summed E-state index contributed by atoms with van der Waals surface area (Å²) in [6, 6.07) is 44.0. The molecule has 0 N–H and O–H groups in total. The van der Waals surface area contributed by atoms with E-state index in [0.717, 1.165) is 11.3 Å². The Morgan fingerprint density at radius 1 is 0.405 bits per heavy atom. The highest BCUT2D eigenvalue weighted by Gasteiger charge is 2.13. The predicted molar refractivity (Wildman–Crippen MR) is 161 cm³/mol. The Bertz CT molecular complexity index is 2120. The maximum atomic E-state index is 4.84. The third-order valence-corrected chi connectivity index (χ3v) is 8.70. The van der Waals surface area contributed by atoms with Crippen LogP contribution in [0.15, 0.2) is 128 Å². The number of hydrogen-bond donors (Lipinski definition) is 0. The van der Waals surface area contributed by atoms with Crippen LogP contribution in [-0.2, 0) is 0 Å². The first-order valence-corrected chi connectivity index (χ1v) is 13.4. The van der Waals surface area contributed by atoms with E-state index in [0.29, 0.717) is 0 Å². The average Bonchev–Trinajstić information content (AvgIpc) is 3.36. The van der Waals surface area contributed by atoms with Gasteiger partial charge < -0.3 is 0 Å². The molecule has 0 spiro atoms. The van der Waals surface area contributed by atoms with Gasteiger partial charge >= 0.3 is 0 Å². The molecular weight excluding hydrogens is 466 g/mol. The Kier molecular flexibility index (Phi) is 4.46. The zero-order valence-electron chi connectivity index (χ0n) is 20.0. The van der Waals surface area contributed by atoms with Crippen LogP contribution in [0.1, 0.15) is 0 Å². The zero-order chi connectivity index (χ0) is 24.3. The van der Waals surface area contributed by atoms with Crippen LogP contribution in [0.25, 0.3) is 74.9 Å². The highest BCUT2D eigenvalue weighted by Crippen LogP contribution is 2.40. The SMILES string of the molecule is c1cc(-c2ccc3c4ccccc4c4ccccc4c3c2)cc(-c2nccc3c2sc2ccccc23)c1. The van der Waals surface area contributed by atoms with Crippen LogP contribution >= 0.6 is 11.3 Å². The smallest absolute Gasteiger partial charge is 0.0880 e. The van der Waals surface area contributed by atoms with Crippen LogP contribution in [-0.4, -0.2) is 4.98 Å². The first kappa shape index (κ1) is 20.6. The summed E-state index contributed by atoms with van der Waals surface area (Å²) in [5.41, 5.74) is 4.63. The molecule has 0 bridgehead atoms. The fourth-order valence-electron chi connectivity index (χ4n) is 5.79. The molecule has 0 fully saturated rings. The lowest BCUT2D eigenvalue weighted by Crippen LogP contribution is -1.87. The summed E-state index contributed by atoms with van der Waals surface area (Å²) in [7, 11) is 0. The number of benzene rings is 6. The van der Waals surface area contributed by atoms with Gasteiger partial charge in [-0.05, 0) is 67.7 Å². The number of aromatic nitrogens is 1. The molecule has 6 aromatic carbocycles. The summed E-state index contributed by atoms with van der Waals surface area (Å²) in [6.45, 7) is 0. The number of rotatable bonds is 2. The van der Waals surface area contributed by atoms with Crippen molar-refractivity contribution in [1.82, 2.24) is 4.98 Å². The van der Waals surface area contributed by atoms with Gasteiger partial charge in [-0.15, -0.1) is 11.3 Å². The average molecular weight is 488 g/mol. The van der Waals surface area contributed by atoms with E-state index < -0.39 is 0 Å². The molecule has 2 heterocycles. The van der Waals surface area contributed by atoms with Gasteiger partial charge in [-0.2, -0.15) is 0 Å². The number of pyridine rings is 1. The second-order valence-corrected chi connectivity index (χ2v) is 10.6. The van der Waals surface area contributed by atoms with Gasteiger partial charge in [-0.1, -0.05) is 97.1 Å². The standard InChI is InChI=1S/C35H21NS/c1-2-12-27-25(10-1)26-11-3-4-13-28(26)32-21-23(16-17-29(27)32)22-8-7-9-24(20-22)34-35-31(18-19-36-34)30-14-5-6-15-33(30)37-35/h1-21H. The van der Waals surface area contributed by atoms with Crippen LogP contribution in [0, 0.1) is 0 Å². The molecule has 2 heteroatoms. The minimum Gasteiger partial charge on any atom is -0.255 e. The molecule has 8 rings (SSSR count). The van der Waals surface area contributed by atoms with Gasteiger partial charge in [0.25, 0.3) is 0 Å². The van der Waals surface area contributed by atoms with Crippen molar-refractivity contribution in [3.63, 3.8) is 0 Å². The maximum absolute atomic E-state index is 4.84. The highest BCUT2D eigenvalue weighted by molar-refractivity contribution is 7.26. The van der Waals surface area contributed by atoms with E-state index in [1.165, 1.54) is 63.6 Å². The Balaban J connectivity index is 1.34. The monoisotopic (exact) mass is 487 g/mol. The van der Waals surface area contributed by atoms with Crippen LogP contribution in [0.2, 0.25) is 0 Å². The molecular formula is C35H21NS. The maximum Gasteiger partial charge on any atom is 0.0880 e. The minimum absolute atomic E-state index is 1.05.